The van der Waals surface area contributed by atoms with Crippen molar-refractivity contribution in [1.29, 1.82) is 0 Å². The van der Waals surface area contributed by atoms with Crippen LogP contribution in [0.1, 0.15) is 37.9 Å². The van der Waals surface area contributed by atoms with Crippen molar-refractivity contribution in [3.63, 3.8) is 0 Å². The minimum atomic E-state index is -0.439. The van der Waals surface area contributed by atoms with E-state index in [0.29, 0.717) is 19.3 Å². The summed E-state index contributed by atoms with van der Waals surface area (Å²) >= 11 is 0. The average Bonchev–Trinajstić information content (AvgIpc) is 2.33. The van der Waals surface area contributed by atoms with Gasteiger partial charge >= 0.3 is 0 Å². The van der Waals surface area contributed by atoms with Crippen LogP contribution in [-0.2, 0) is 9.47 Å². The van der Waals surface area contributed by atoms with Crippen LogP contribution in [-0.4, -0.2) is 25.0 Å². The summed E-state index contributed by atoms with van der Waals surface area (Å²) in [6.45, 7) is 9.57. The molecule has 1 aromatic rings. The van der Waals surface area contributed by atoms with Crippen molar-refractivity contribution in [2.24, 2.45) is 0 Å². The first-order valence-corrected chi connectivity index (χ1v) is 6.57. The Balaban J connectivity index is 1.88. The van der Waals surface area contributed by atoms with Crippen molar-refractivity contribution in [3.8, 4) is 0 Å². The Morgan fingerprint density at radius 2 is 1.72 bits per heavy atom. The molecule has 0 bridgehead atoms. The molecule has 3 heteroatoms. The molecule has 0 amide bonds. The van der Waals surface area contributed by atoms with Gasteiger partial charge in [0.05, 0.1) is 19.3 Å². The molecule has 0 radical (unpaired) electrons. The van der Waals surface area contributed by atoms with Gasteiger partial charge in [0.25, 0.3) is 0 Å². The largest absolute Gasteiger partial charge is 0.349 e. The molecule has 1 fully saturated rings. The Bertz CT molecular complexity index is 376. The van der Waals surface area contributed by atoms with Crippen molar-refractivity contribution >= 4 is 0 Å². The maximum absolute atomic E-state index is 5.65. The van der Waals surface area contributed by atoms with Crippen LogP contribution in [0.5, 0.6) is 0 Å². The Hall–Kier alpha value is -0.900. The van der Waals surface area contributed by atoms with Crippen molar-refractivity contribution in [2.45, 2.75) is 45.6 Å². The quantitative estimate of drug-likeness (QED) is 0.893. The number of nitrogens with one attached hydrogen (secondary N) is 1. The molecular formula is C15H23NO2. The van der Waals surface area contributed by atoms with Gasteiger partial charge < -0.3 is 14.8 Å². The first-order chi connectivity index (χ1) is 8.46. The standard InChI is InChI=1S/C15H23NO2/c1-11-5-7-13(8-6-11)12(2)16-14-9-17-15(3,4)18-10-14/h5-8,12,14,16H,9-10H2,1-4H3/t12-/m0/s1. The van der Waals surface area contributed by atoms with E-state index in [0.717, 1.165) is 0 Å². The van der Waals surface area contributed by atoms with Crippen LogP contribution in [0.2, 0.25) is 0 Å². The minimum absolute atomic E-state index is 0.259. The van der Waals surface area contributed by atoms with Gasteiger partial charge in [-0.2, -0.15) is 0 Å². The third-order valence-corrected chi connectivity index (χ3v) is 3.33. The second kappa shape index (κ2) is 5.39. The Labute approximate surface area is 109 Å². The summed E-state index contributed by atoms with van der Waals surface area (Å²) in [5, 5.41) is 3.54. The van der Waals surface area contributed by atoms with E-state index in [1.54, 1.807) is 0 Å². The van der Waals surface area contributed by atoms with E-state index in [-0.39, 0.29) is 6.04 Å². The topological polar surface area (TPSA) is 30.5 Å². The van der Waals surface area contributed by atoms with Gasteiger partial charge in [0.15, 0.2) is 5.79 Å². The Kier molecular flexibility index (Phi) is 4.05. The molecule has 1 saturated heterocycles. The van der Waals surface area contributed by atoms with Gasteiger partial charge in [0, 0.05) is 6.04 Å². The molecule has 1 atom stereocenters. The van der Waals surface area contributed by atoms with Gasteiger partial charge in [-0.15, -0.1) is 0 Å². The summed E-state index contributed by atoms with van der Waals surface area (Å²) in [6, 6.07) is 9.19. The predicted molar refractivity (Wildman–Crippen MR) is 72.5 cm³/mol. The first-order valence-electron chi connectivity index (χ1n) is 6.57. The third kappa shape index (κ3) is 3.55. The fraction of sp³-hybridized carbons (Fsp3) is 0.600. The summed E-state index contributed by atoms with van der Waals surface area (Å²) in [4.78, 5) is 0. The molecule has 1 aromatic carbocycles. The van der Waals surface area contributed by atoms with Crippen LogP contribution < -0.4 is 5.32 Å². The molecule has 1 heterocycles. The lowest BCUT2D eigenvalue weighted by molar-refractivity contribution is -0.253. The summed E-state index contributed by atoms with van der Waals surface area (Å²) in [5.41, 5.74) is 2.59. The molecule has 0 unspecified atom stereocenters. The summed E-state index contributed by atoms with van der Waals surface area (Å²) in [7, 11) is 0. The van der Waals surface area contributed by atoms with Crippen LogP contribution in [0, 0.1) is 6.92 Å². The van der Waals surface area contributed by atoms with Crippen molar-refractivity contribution in [3.05, 3.63) is 35.4 Å². The SMILES string of the molecule is Cc1ccc([C@H](C)NC2COC(C)(C)OC2)cc1. The molecule has 0 saturated carbocycles. The molecule has 1 N–H and O–H groups in total. The predicted octanol–water partition coefficient (Wildman–Crippen LogP) is 2.80. The fourth-order valence-electron chi connectivity index (χ4n) is 2.09. The second-order valence-corrected chi connectivity index (χ2v) is 5.52. The molecule has 2 rings (SSSR count). The molecule has 0 aromatic heterocycles. The number of benzene rings is 1. The van der Waals surface area contributed by atoms with E-state index in [4.69, 9.17) is 9.47 Å². The van der Waals surface area contributed by atoms with E-state index in [1.165, 1.54) is 11.1 Å². The molecular weight excluding hydrogens is 226 g/mol. The third-order valence-electron chi connectivity index (χ3n) is 3.33. The Morgan fingerprint density at radius 3 is 2.28 bits per heavy atom. The number of rotatable bonds is 3. The van der Waals surface area contributed by atoms with Crippen LogP contribution in [0.15, 0.2) is 24.3 Å². The number of hydrogen-bond acceptors (Lipinski definition) is 3. The highest BCUT2D eigenvalue weighted by Gasteiger charge is 2.28. The second-order valence-electron chi connectivity index (χ2n) is 5.52. The lowest BCUT2D eigenvalue weighted by Gasteiger charge is -2.36. The summed E-state index contributed by atoms with van der Waals surface area (Å²) in [5.74, 6) is -0.439. The highest BCUT2D eigenvalue weighted by atomic mass is 16.7. The first kappa shape index (κ1) is 13.5. The van der Waals surface area contributed by atoms with Gasteiger partial charge in [-0.3, -0.25) is 0 Å². The van der Waals surface area contributed by atoms with Crippen LogP contribution in [0.25, 0.3) is 0 Å². The molecule has 18 heavy (non-hydrogen) atoms. The van der Waals surface area contributed by atoms with Crippen molar-refractivity contribution in [2.75, 3.05) is 13.2 Å². The average molecular weight is 249 g/mol. The number of aryl methyl sites for hydroxylation is 1. The molecule has 100 valence electrons. The van der Waals surface area contributed by atoms with E-state index >= 15 is 0 Å². The summed E-state index contributed by atoms with van der Waals surface area (Å²) < 4.78 is 11.3. The molecule has 0 aliphatic carbocycles. The highest BCUT2D eigenvalue weighted by Crippen LogP contribution is 2.19. The molecule has 0 spiro atoms. The lowest BCUT2D eigenvalue weighted by Crippen LogP contribution is -2.49. The summed E-state index contributed by atoms with van der Waals surface area (Å²) in [6.07, 6.45) is 0. The lowest BCUT2D eigenvalue weighted by atomic mass is 10.1. The normalized spacial score (nSPS) is 21.8. The van der Waals surface area contributed by atoms with Gasteiger partial charge in [0.2, 0.25) is 0 Å². The minimum Gasteiger partial charge on any atom is -0.349 e. The van der Waals surface area contributed by atoms with Crippen molar-refractivity contribution in [1.82, 2.24) is 5.32 Å². The highest BCUT2D eigenvalue weighted by molar-refractivity contribution is 5.23. The number of ether oxygens (including phenoxy) is 2. The Morgan fingerprint density at radius 1 is 1.17 bits per heavy atom. The number of hydrogen-bond donors (Lipinski definition) is 1. The van der Waals surface area contributed by atoms with Gasteiger partial charge in [-0.1, -0.05) is 29.8 Å². The van der Waals surface area contributed by atoms with Gasteiger partial charge in [-0.05, 0) is 33.3 Å². The van der Waals surface area contributed by atoms with Crippen LogP contribution in [0.3, 0.4) is 0 Å². The fourth-order valence-corrected chi connectivity index (χ4v) is 2.09. The van der Waals surface area contributed by atoms with Gasteiger partial charge in [0.1, 0.15) is 0 Å². The van der Waals surface area contributed by atoms with E-state index in [2.05, 4.69) is 43.4 Å². The maximum Gasteiger partial charge on any atom is 0.162 e. The van der Waals surface area contributed by atoms with Crippen molar-refractivity contribution < 1.29 is 9.47 Å². The monoisotopic (exact) mass is 249 g/mol. The molecule has 1 aliphatic rings. The smallest absolute Gasteiger partial charge is 0.162 e. The molecule has 1 aliphatic heterocycles. The van der Waals surface area contributed by atoms with E-state index in [9.17, 15) is 0 Å². The molecule has 3 nitrogen and oxygen atoms in total. The van der Waals surface area contributed by atoms with Crippen LogP contribution in [0.4, 0.5) is 0 Å². The van der Waals surface area contributed by atoms with Crippen LogP contribution >= 0.6 is 0 Å². The van der Waals surface area contributed by atoms with E-state index in [1.807, 2.05) is 13.8 Å². The zero-order valence-corrected chi connectivity index (χ0v) is 11.7. The maximum atomic E-state index is 5.65. The van der Waals surface area contributed by atoms with Gasteiger partial charge in [-0.25, -0.2) is 0 Å². The zero-order valence-electron chi connectivity index (χ0n) is 11.7. The zero-order chi connectivity index (χ0) is 13.2. The van der Waals surface area contributed by atoms with E-state index < -0.39 is 5.79 Å².